The molecule has 1 saturated heterocycles. The van der Waals surface area contributed by atoms with Gasteiger partial charge < -0.3 is 9.64 Å². The van der Waals surface area contributed by atoms with E-state index < -0.39 is 0 Å². The van der Waals surface area contributed by atoms with Crippen LogP contribution in [0.4, 0.5) is 5.69 Å². The van der Waals surface area contributed by atoms with E-state index in [-0.39, 0.29) is 18.2 Å². The standard InChI is InChI=1S/C22H20ClN3O2S/c1-2-28-18-9-3-15(4-10-18)19-11-21(27)26-13-25(14-29-22(26)20(19)12-24)17-7-5-16(23)6-8-17/h3-10,19H,2,11,13-14H2,1H3. The van der Waals surface area contributed by atoms with Crippen molar-refractivity contribution in [3.8, 4) is 11.8 Å². The molecule has 148 valence electrons. The number of fused-ring (bicyclic) bond motifs is 1. The highest BCUT2D eigenvalue weighted by molar-refractivity contribution is 8.03. The lowest BCUT2D eigenvalue weighted by molar-refractivity contribution is -0.129. The van der Waals surface area contributed by atoms with Crippen molar-refractivity contribution in [2.45, 2.75) is 19.3 Å². The number of carbonyl (C=O) groups is 1. The van der Waals surface area contributed by atoms with Gasteiger partial charge in [0.05, 0.1) is 35.8 Å². The SMILES string of the molecule is CCOc1ccc(C2CC(=O)N3CN(c4ccc(Cl)cc4)CSC3=C2C#N)cc1. The van der Waals surface area contributed by atoms with E-state index in [4.69, 9.17) is 16.3 Å². The molecule has 0 bridgehead atoms. The zero-order chi connectivity index (χ0) is 20.4. The van der Waals surface area contributed by atoms with Crippen LogP contribution in [0.2, 0.25) is 5.02 Å². The van der Waals surface area contributed by atoms with Gasteiger partial charge in [-0.3, -0.25) is 9.69 Å². The van der Waals surface area contributed by atoms with Crippen molar-refractivity contribution in [1.29, 1.82) is 5.26 Å². The highest BCUT2D eigenvalue weighted by atomic mass is 35.5. The number of nitriles is 1. The summed E-state index contributed by atoms with van der Waals surface area (Å²) in [5.74, 6) is 1.27. The molecule has 7 heteroatoms. The quantitative estimate of drug-likeness (QED) is 0.693. The van der Waals surface area contributed by atoms with Crippen molar-refractivity contribution in [3.05, 3.63) is 69.7 Å². The summed E-state index contributed by atoms with van der Waals surface area (Å²) < 4.78 is 5.50. The van der Waals surface area contributed by atoms with Gasteiger partial charge in [-0.2, -0.15) is 5.26 Å². The number of nitrogens with zero attached hydrogens (tertiary/aromatic N) is 3. The van der Waals surface area contributed by atoms with Gasteiger partial charge >= 0.3 is 0 Å². The molecule has 1 fully saturated rings. The summed E-state index contributed by atoms with van der Waals surface area (Å²) in [6.45, 7) is 2.97. The van der Waals surface area contributed by atoms with Crippen LogP contribution < -0.4 is 9.64 Å². The molecule has 0 aliphatic carbocycles. The maximum Gasteiger partial charge on any atom is 0.229 e. The monoisotopic (exact) mass is 425 g/mol. The third kappa shape index (κ3) is 3.93. The van der Waals surface area contributed by atoms with Gasteiger partial charge in [0.25, 0.3) is 0 Å². The molecule has 2 heterocycles. The van der Waals surface area contributed by atoms with Gasteiger partial charge in [-0.1, -0.05) is 35.5 Å². The maximum atomic E-state index is 13.0. The van der Waals surface area contributed by atoms with Crippen LogP contribution in [0.5, 0.6) is 5.75 Å². The van der Waals surface area contributed by atoms with Crippen molar-refractivity contribution < 1.29 is 9.53 Å². The Morgan fingerprint density at radius 3 is 2.59 bits per heavy atom. The molecule has 0 radical (unpaired) electrons. The van der Waals surface area contributed by atoms with Crippen LogP contribution in [0.15, 0.2) is 59.1 Å². The van der Waals surface area contributed by atoms with Crippen LogP contribution in [0.1, 0.15) is 24.8 Å². The van der Waals surface area contributed by atoms with Crippen LogP contribution in [0, 0.1) is 11.3 Å². The van der Waals surface area contributed by atoms with Crippen LogP contribution in [0.25, 0.3) is 0 Å². The van der Waals surface area contributed by atoms with Crippen molar-refractivity contribution in [1.82, 2.24) is 4.90 Å². The van der Waals surface area contributed by atoms with E-state index in [1.807, 2.05) is 55.5 Å². The van der Waals surface area contributed by atoms with Crippen molar-refractivity contribution in [2.75, 3.05) is 24.1 Å². The minimum absolute atomic E-state index is 0.0315. The zero-order valence-electron chi connectivity index (χ0n) is 16.0. The molecule has 2 aromatic rings. The number of thioether (sulfide) groups is 1. The first-order chi connectivity index (χ1) is 14.1. The predicted molar refractivity (Wildman–Crippen MR) is 116 cm³/mol. The number of rotatable bonds is 4. The Balaban J connectivity index is 1.61. The van der Waals surface area contributed by atoms with Gasteiger partial charge in [-0.15, -0.1) is 0 Å². The molecule has 2 aliphatic rings. The van der Waals surface area contributed by atoms with E-state index in [1.54, 1.807) is 4.90 Å². The Morgan fingerprint density at radius 2 is 1.93 bits per heavy atom. The Kier molecular flexibility index (Phi) is 5.70. The number of amides is 1. The largest absolute Gasteiger partial charge is 0.494 e. The molecule has 29 heavy (non-hydrogen) atoms. The fourth-order valence-electron chi connectivity index (χ4n) is 3.63. The number of ether oxygens (including phenoxy) is 1. The molecule has 1 amide bonds. The number of anilines is 1. The van der Waals surface area contributed by atoms with Crippen molar-refractivity contribution in [2.24, 2.45) is 0 Å². The highest BCUT2D eigenvalue weighted by Gasteiger charge is 2.38. The molecule has 2 aliphatic heterocycles. The Hall–Kier alpha value is -2.62. The molecule has 4 rings (SSSR count). The second kappa shape index (κ2) is 8.40. The first kappa shape index (κ1) is 19.7. The lowest BCUT2D eigenvalue weighted by Gasteiger charge is -2.42. The highest BCUT2D eigenvalue weighted by Crippen LogP contribution is 2.43. The third-order valence-corrected chi connectivity index (χ3v) is 6.49. The van der Waals surface area contributed by atoms with Crippen LogP contribution in [-0.2, 0) is 4.79 Å². The molecule has 5 nitrogen and oxygen atoms in total. The Morgan fingerprint density at radius 1 is 1.21 bits per heavy atom. The molecule has 2 aromatic carbocycles. The molecular formula is C22H20ClN3O2S. The van der Waals surface area contributed by atoms with Crippen LogP contribution in [-0.4, -0.2) is 30.0 Å². The average molecular weight is 426 g/mol. The van der Waals surface area contributed by atoms with E-state index >= 15 is 0 Å². The average Bonchev–Trinajstić information content (AvgIpc) is 2.75. The fourth-order valence-corrected chi connectivity index (χ4v) is 4.92. The fraction of sp³-hybridized carbons (Fsp3) is 0.273. The molecule has 0 spiro atoms. The number of allylic oxidation sites excluding steroid dienone is 1. The molecule has 0 saturated carbocycles. The minimum Gasteiger partial charge on any atom is -0.494 e. The summed E-state index contributed by atoms with van der Waals surface area (Å²) >= 11 is 7.52. The summed E-state index contributed by atoms with van der Waals surface area (Å²) in [4.78, 5) is 16.8. The molecule has 1 atom stereocenters. The van der Waals surface area contributed by atoms with Crippen molar-refractivity contribution in [3.63, 3.8) is 0 Å². The zero-order valence-corrected chi connectivity index (χ0v) is 17.5. The van der Waals surface area contributed by atoms with E-state index in [9.17, 15) is 10.1 Å². The summed E-state index contributed by atoms with van der Waals surface area (Å²) in [5, 5.41) is 11.3. The van der Waals surface area contributed by atoms with Crippen molar-refractivity contribution >= 4 is 35.0 Å². The van der Waals surface area contributed by atoms with Gasteiger partial charge in [0.2, 0.25) is 5.91 Å². The normalized spacial score (nSPS) is 19.1. The van der Waals surface area contributed by atoms with Crippen LogP contribution >= 0.6 is 23.4 Å². The van der Waals surface area contributed by atoms with Gasteiger partial charge in [0.1, 0.15) is 5.75 Å². The molecule has 1 unspecified atom stereocenters. The van der Waals surface area contributed by atoms with E-state index in [0.29, 0.717) is 29.7 Å². The van der Waals surface area contributed by atoms with Gasteiger partial charge in [0, 0.05) is 23.0 Å². The lowest BCUT2D eigenvalue weighted by atomic mass is 9.86. The number of carbonyl (C=O) groups excluding carboxylic acids is 1. The first-order valence-electron chi connectivity index (χ1n) is 9.41. The smallest absolute Gasteiger partial charge is 0.229 e. The van der Waals surface area contributed by atoms with Gasteiger partial charge in [-0.25, -0.2) is 0 Å². The van der Waals surface area contributed by atoms with Gasteiger partial charge in [0.15, 0.2) is 0 Å². The van der Waals surface area contributed by atoms with Crippen LogP contribution in [0.3, 0.4) is 0 Å². The maximum absolute atomic E-state index is 13.0. The van der Waals surface area contributed by atoms with Gasteiger partial charge in [-0.05, 0) is 48.9 Å². The predicted octanol–water partition coefficient (Wildman–Crippen LogP) is 4.96. The summed E-state index contributed by atoms with van der Waals surface area (Å²) in [6.07, 6.45) is 0.287. The summed E-state index contributed by atoms with van der Waals surface area (Å²) in [5.41, 5.74) is 2.63. The summed E-state index contributed by atoms with van der Waals surface area (Å²) in [6, 6.07) is 17.6. The number of halogens is 1. The number of hydrogen-bond donors (Lipinski definition) is 0. The first-order valence-corrected chi connectivity index (χ1v) is 10.8. The van der Waals surface area contributed by atoms with E-state index in [0.717, 1.165) is 22.0 Å². The number of hydrogen-bond acceptors (Lipinski definition) is 5. The second-order valence-electron chi connectivity index (χ2n) is 6.84. The summed E-state index contributed by atoms with van der Waals surface area (Å²) in [7, 11) is 0. The Bertz CT molecular complexity index is 983. The number of benzene rings is 2. The topological polar surface area (TPSA) is 56.6 Å². The Labute approximate surface area is 179 Å². The van der Waals surface area contributed by atoms with E-state index in [1.165, 1.54) is 11.8 Å². The lowest BCUT2D eigenvalue weighted by Crippen LogP contribution is -2.47. The second-order valence-corrected chi connectivity index (χ2v) is 8.21. The van der Waals surface area contributed by atoms with E-state index in [2.05, 4.69) is 11.0 Å². The minimum atomic E-state index is -0.219. The molecule has 0 aromatic heterocycles. The molecule has 0 N–H and O–H groups in total. The molecular weight excluding hydrogens is 406 g/mol. The third-order valence-electron chi connectivity index (χ3n) is 5.08.